The van der Waals surface area contributed by atoms with Crippen molar-refractivity contribution in [3.05, 3.63) is 0 Å². The van der Waals surface area contributed by atoms with Gasteiger partial charge in [-0.3, -0.25) is 9.69 Å². The van der Waals surface area contributed by atoms with Crippen molar-refractivity contribution in [2.24, 2.45) is 17.3 Å². The molecular formula is C17H33NO2. The van der Waals surface area contributed by atoms with Gasteiger partial charge in [0.2, 0.25) is 0 Å². The number of hydrogen-bond acceptors (Lipinski definition) is 2. The molecule has 1 fully saturated rings. The fraction of sp³-hybridized carbons (Fsp3) is 0.941. The van der Waals surface area contributed by atoms with E-state index in [1.807, 2.05) is 6.92 Å². The highest BCUT2D eigenvalue weighted by molar-refractivity contribution is 5.69. The molecule has 0 aromatic heterocycles. The number of carbonyl (C=O) groups is 1. The summed E-state index contributed by atoms with van der Waals surface area (Å²) < 4.78 is 0. The number of carboxylic acids is 1. The molecule has 0 aliphatic heterocycles. The van der Waals surface area contributed by atoms with Gasteiger partial charge in [0.05, 0.1) is 5.92 Å². The molecule has 1 aliphatic rings. The lowest BCUT2D eigenvalue weighted by molar-refractivity contribution is -0.142. The third kappa shape index (κ3) is 4.47. The van der Waals surface area contributed by atoms with Gasteiger partial charge in [-0.25, -0.2) is 0 Å². The third-order valence-electron chi connectivity index (χ3n) is 5.57. The second-order valence-corrected chi connectivity index (χ2v) is 7.17. The highest BCUT2D eigenvalue weighted by atomic mass is 16.4. The van der Waals surface area contributed by atoms with E-state index in [2.05, 4.69) is 32.6 Å². The Hall–Kier alpha value is -0.570. The minimum atomic E-state index is -0.677. The van der Waals surface area contributed by atoms with Crippen LogP contribution in [0, 0.1) is 17.3 Å². The van der Waals surface area contributed by atoms with Gasteiger partial charge in [-0.05, 0) is 43.6 Å². The van der Waals surface area contributed by atoms with E-state index in [0.717, 1.165) is 12.5 Å². The van der Waals surface area contributed by atoms with E-state index in [1.54, 1.807) is 0 Å². The summed E-state index contributed by atoms with van der Waals surface area (Å²) in [4.78, 5) is 13.4. The molecule has 0 aromatic carbocycles. The third-order valence-corrected chi connectivity index (χ3v) is 5.57. The Balaban J connectivity index is 2.52. The number of rotatable bonds is 7. The summed E-state index contributed by atoms with van der Waals surface area (Å²) in [7, 11) is 0. The lowest BCUT2D eigenvalue weighted by atomic mass is 9.68. The Kier molecular flexibility index (Phi) is 6.50. The molecule has 0 spiro atoms. The second kappa shape index (κ2) is 7.44. The average Bonchev–Trinajstić information content (AvgIpc) is 2.44. The van der Waals surface area contributed by atoms with Gasteiger partial charge in [0.15, 0.2) is 0 Å². The van der Waals surface area contributed by atoms with Gasteiger partial charge in [-0.1, -0.05) is 41.0 Å². The molecule has 1 N–H and O–H groups in total. The Morgan fingerprint density at radius 3 is 2.20 bits per heavy atom. The van der Waals surface area contributed by atoms with Gasteiger partial charge in [0, 0.05) is 12.6 Å². The fourth-order valence-corrected chi connectivity index (χ4v) is 3.48. The maximum atomic E-state index is 11.0. The van der Waals surface area contributed by atoms with Gasteiger partial charge in [-0.15, -0.1) is 0 Å². The van der Waals surface area contributed by atoms with E-state index in [4.69, 9.17) is 5.11 Å². The van der Waals surface area contributed by atoms with Crippen molar-refractivity contribution in [2.75, 3.05) is 13.1 Å². The van der Waals surface area contributed by atoms with Crippen molar-refractivity contribution >= 4 is 5.97 Å². The highest BCUT2D eigenvalue weighted by Gasteiger charge is 2.33. The molecule has 118 valence electrons. The Morgan fingerprint density at radius 1 is 1.25 bits per heavy atom. The number of carboxylic acid groups (broad SMARTS) is 1. The molecule has 1 unspecified atom stereocenters. The summed E-state index contributed by atoms with van der Waals surface area (Å²) in [5, 5.41) is 9.08. The van der Waals surface area contributed by atoms with E-state index < -0.39 is 5.97 Å². The Bertz CT molecular complexity index is 306. The first-order valence-corrected chi connectivity index (χ1v) is 8.28. The molecule has 20 heavy (non-hydrogen) atoms. The van der Waals surface area contributed by atoms with Crippen molar-refractivity contribution in [3.8, 4) is 0 Å². The van der Waals surface area contributed by atoms with Gasteiger partial charge >= 0.3 is 5.97 Å². The minimum Gasteiger partial charge on any atom is -0.481 e. The van der Waals surface area contributed by atoms with Gasteiger partial charge in [0.1, 0.15) is 0 Å². The van der Waals surface area contributed by atoms with Gasteiger partial charge < -0.3 is 5.11 Å². The van der Waals surface area contributed by atoms with Crippen molar-refractivity contribution in [1.82, 2.24) is 4.90 Å². The van der Waals surface area contributed by atoms with Crippen LogP contribution in [-0.2, 0) is 4.79 Å². The zero-order chi connectivity index (χ0) is 15.3. The second-order valence-electron chi connectivity index (χ2n) is 7.17. The quantitative estimate of drug-likeness (QED) is 0.767. The zero-order valence-electron chi connectivity index (χ0n) is 14.0. The van der Waals surface area contributed by atoms with Crippen LogP contribution in [0.2, 0.25) is 0 Å². The Morgan fingerprint density at radius 2 is 1.80 bits per heavy atom. The molecule has 0 radical (unpaired) electrons. The predicted octanol–water partition coefficient (Wildman–Crippen LogP) is 4.02. The van der Waals surface area contributed by atoms with Crippen molar-refractivity contribution < 1.29 is 9.90 Å². The fourth-order valence-electron chi connectivity index (χ4n) is 3.48. The smallest absolute Gasteiger partial charge is 0.307 e. The standard InChI is InChI=1S/C17H33NO2/c1-6-17(4,5)14-8-10-15(11-9-14)18(7-2)12-13(3)16(19)20/h13-15H,6-12H2,1-5H3,(H,19,20). The van der Waals surface area contributed by atoms with E-state index in [9.17, 15) is 4.79 Å². The minimum absolute atomic E-state index is 0.264. The van der Waals surface area contributed by atoms with Crippen LogP contribution in [0.25, 0.3) is 0 Å². The van der Waals surface area contributed by atoms with Crippen LogP contribution in [0.4, 0.5) is 0 Å². The van der Waals surface area contributed by atoms with Crippen molar-refractivity contribution in [1.29, 1.82) is 0 Å². The maximum Gasteiger partial charge on any atom is 0.307 e. The molecule has 0 heterocycles. The predicted molar refractivity (Wildman–Crippen MR) is 83.9 cm³/mol. The summed E-state index contributed by atoms with van der Waals surface area (Å²) in [5.41, 5.74) is 0.455. The maximum absolute atomic E-state index is 11.0. The molecule has 1 aliphatic carbocycles. The molecule has 0 amide bonds. The summed E-state index contributed by atoms with van der Waals surface area (Å²) in [6, 6.07) is 0.589. The van der Waals surface area contributed by atoms with Gasteiger partial charge in [-0.2, -0.15) is 0 Å². The van der Waals surface area contributed by atoms with E-state index >= 15 is 0 Å². The van der Waals surface area contributed by atoms with Crippen LogP contribution in [0.5, 0.6) is 0 Å². The monoisotopic (exact) mass is 283 g/mol. The molecule has 0 bridgehead atoms. The number of hydrogen-bond donors (Lipinski definition) is 1. The largest absolute Gasteiger partial charge is 0.481 e. The summed E-state index contributed by atoms with van der Waals surface area (Å²) >= 11 is 0. The Labute approximate surface area is 124 Å². The first kappa shape index (κ1) is 17.5. The summed E-state index contributed by atoms with van der Waals surface area (Å²) in [6.45, 7) is 12.7. The van der Waals surface area contributed by atoms with Crippen LogP contribution in [0.1, 0.15) is 66.7 Å². The van der Waals surface area contributed by atoms with Gasteiger partial charge in [0.25, 0.3) is 0 Å². The normalized spacial score (nSPS) is 25.7. The molecule has 3 heteroatoms. The molecule has 1 rings (SSSR count). The van der Waals surface area contributed by atoms with E-state index in [-0.39, 0.29) is 5.92 Å². The van der Waals surface area contributed by atoms with Crippen molar-refractivity contribution in [3.63, 3.8) is 0 Å². The topological polar surface area (TPSA) is 40.5 Å². The van der Waals surface area contributed by atoms with Crippen LogP contribution in [-0.4, -0.2) is 35.1 Å². The number of aliphatic carboxylic acids is 1. The van der Waals surface area contributed by atoms with Crippen molar-refractivity contribution in [2.45, 2.75) is 72.8 Å². The molecule has 0 aromatic rings. The molecule has 1 atom stereocenters. The molecule has 1 saturated carbocycles. The number of nitrogens with zero attached hydrogens (tertiary/aromatic N) is 1. The van der Waals surface area contributed by atoms with Crippen LogP contribution >= 0.6 is 0 Å². The molecular weight excluding hydrogens is 250 g/mol. The van der Waals surface area contributed by atoms with Crippen LogP contribution in [0.15, 0.2) is 0 Å². The summed E-state index contributed by atoms with van der Waals surface area (Å²) in [6.07, 6.45) is 6.30. The molecule has 3 nitrogen and oxygen atoms in total. The van der Waals surface area contributed by atoms with E-state index in [0.29, 0.717) is 18.0 Å². The highest BCUT2D eigenvalue weighted by Crippen LogP contribution is 2.41. The lowest BCUT2D eigenvalue weighted by Gasteiger charge is -2.42. The summed E-state index contributed by atoms with van der Waals surface area (Å²) in [5.74, 6) is -0.108. The lowest BCUT2D eigenvalue weighted by Crippen LogP contribution is -2.43. The first-order valence-electron chi connectivity index (χ1n) is 8.28. The van der Waals surface area contributed by atoms with Crippen LogP contribution < -0.4 is 0 Å². The first-order chi connectivity index (χ1) is 9.31. The average molecular weight is 283 g/mol. The van der Waals surface area contributed by atoms with E-state index in [1.165, 1.54) is 32.1 Å². The SMILES string of the molecule is CCN(CC(C)C(=O)O)C1CCC(C(C)(C)CC)CC1. The zero-order valence-corrected chi connectivity index (χ0v) is 14.0. The van der Waals surface area contributed by atoms with Crippen LogP contribution in [0.3, 0.4) is 0 Å². The molecule has 0 saturated heterocycles.